The zero-order valence-corrected chi connectivity index (χ0v) is 10.6. The van der Waals surface area contributed by atoms with E-state index in [2.05, 4.69) is 22.3 Å². The number of carbonyl (C=O) groups excluding carboxylic acids is 1. The van der Waals surface area contributed by atoms with Crippen molar-refractivity contribution in [3.05, 3.63) is 5.82 Å². The fourth-order valence-corrected chi connectivity index (χ4v) is 1.81. The van der Waals surface area contributed by atoms with Gasteiger partial charge in [-0.3, -0.25) is 4.79 Å². The van der Waals surface area contributed by atoms with Crippen molar-refractivity contribution in [2.45, 2.75) is 39.0 Å². The molecule has 6 heteroatoms. The first-order chi connectivity index (χ1) is 8.15. The Hall–Kier alpha value is -1.30. The third-order valence-corrected chi connectivity index (χ3v) is 2.89. The summed E-state index contributed by atoms with van der Waals surface area (Å²) in [5, 5.41) is 11.5. The molecule has 1 unspecified atom stereocenters. The second-order valence-corrected chi connectivity index (χ2v) is 4.30. The van der Waals surface area contributed by atoms with Crippen LogP contribution in [0, 0.1) is 5.92 Å². The number of nitrogens with zero attached hydrogens (tertiary/aromatic N) is 4. The minimum absolute atomic E-state index is 0.175. The van der Waals surface area contributed by atoms with Gasteiger partial charge in [0.05, 0.1) is 13.5 Å². The smallest absolute Gasteiger partial charge is 0.182 e. The van der Waals surface area contributed by atoms with Gasteiger partial charge in [-0.05, 0) is 30.5 Å². The molecule has 0 saturated heterocycles. The van der Waals surface area contributed by atoms with Crippen molar-refractivity contribution in [2.75, 3.05) is 6.54 Å². The van der Waals surface area contributed by atoms with Gasteiger partial charge in [-0.2, -0.15) is 4.80 Å². The molecule has 1 atom stereocenters. The summed E-state index contributed by atoms with van der Waals surface area (Å²) >= 11 is 0. The maximum absolute atomic E-state index is 11.7. The highest BCUT2D eigenvalue weighted by Gasteiger charge is 2.11. The van der Waals surface area contributed by atoms with E-state index >= 15 is 0 Å². The Morgan fingerprint density at radius 3 is 2.76 bits per heavy atom. The lowest BCUT2D eigenvalue weighted by molar-refractivity contribution is -0.118. The van der Waals surface area contributed by atoms with E-state index in [9.17, 15) is 4.79 Å². The van der Waals surface area contributed by atoms with E-state index in [1.54, 1.807) is 7.05 Å². The van der Waals surface area contributed by atoms with Gasteiger partial charge in [-0.1, -0.05) is 13.3 Å². The lowest BCUT2D eigenvalue weighted by Gasteiger charge is -2.12. The van der Waals surface area contributed by atoms with Gasteiger partial charge in [0.1, 0.15) is 5.78 Å². The number of Topliss-reactive ketones (excluding diaryl/α,β-unsaturated/α-hetero) is 1. The average molecular weight is 239 g/mol. The summed E-state index contributed by atoms with van der Waals surface area (Å²) in [7, 11) is 1.69. The Kier molecular flexibility index (Phi) is 5.76. The molecular weight excluding hydrogens is 218 g/mol. The summed E-state index contributed by atoms with van der Waals surface area (Å²) < 4.78 is 0. The van der Waals surface area contributed by atoms with Crippen molar-refractivity contribution in [2.24, 2.45) is 18.7 Å². The van der Waals surface area contributed by atoms with Gasteiger partial charge in [-0.25, -0.2) is 0 Å². The zero-order valence-electron chi connectivity index (χ0n) is 10.6. The SMILES string of the molecule is CCC(CCN)CCC(=O)Cc1nnn(C)n1. The Labute approximate surface area is 102 Å². The summed E-state index contributed by atoms with van der Waals surface area (Å²) in [5.41, 5.74) is 5.52. The third kappa shape index (κ3) is 5.04. The summed E-state index contributed by atoms with van der Waals surface area (Å²) in [6, 6.07) is 0. The van der Waals surface area contributed by atoms with E-state index in [0.717, 1.165) is 19.3 Å². The van der Waals surface area contributed by atoms with Crippen LogP contribution in [0.4, 0.5) is 0 Å². The standard InChI is InChI=1S/C11H21N5O/c1-3-9(6-7-12)4-5-10(17)8-11-13-15-16(2)14-11/h9H,3-8,12H2,1-2H3. The van der Waals surface area contributed by atoms with Crippen molar-refractivity contribution >= 4 is 5.78 Å². The highest BCUT2D eigenvalue weighted by molar-refractivity contribution is 5.79. The molecular formula is C11H21N5O. The Bertz CT molecular complexity index is 349. The quantitative estimate of drug-likeness (QED) is 0.713. The van der Waals surface area contributed by atoms with Crippen LogP contribution >= 0.6 is 0 Å². The van der Waals surface area contributed by atoms with Crippen molar-refractivity contribution < 1.29 is 4.79 Å². The molecule has 0 saturated carbocycles. The summed E-state index contributed by atoms with van der Waals surface area (Å²) in [5.74, 6) is 1.23. The van der Waals surface area contributed by atoms with Crippen molar-refractivity contribution in [1.29, 1.82) is 0 Å². The monoisotopic (exact) mass is 239 g/mol. The number of tetrazole rings is 1. The molecule has 0 amide bonds. The van der Waals surface area contributed by atoms with Gasteiger partial charge in [-0.15, -0.1) is 10.2 Å². The van der Waals surface area contributed by atoms with Crippen molar-refractivity contribution in [1.82, 2.24) is 20.2 Å². The summed E-state index contributed by atoms with van der Waals surface area (Å²) in [6.45, 7) is 2.83. The number of hydrogen-bond donors (Lipinski definition) is 1. The first-order valence-corrected chi connectivity index (χ1v) is 6.10. The lowest BCUT2D eigenvalue weighted by atomic mass is 9.95. The highest BCUT2D eigenvalue weighted by atomic mass is 16.1. The predicted octanol–water partition coefficient (Wildman–Crippen LogP) is 0.477. The Morgan fingerprint density at radius 2 is 2.24 bits per heavy atom. The number of aromatic nitrogens is 4. The topological polar surface area (TPSA) is 86.7 Å². The van der Waals surface area contributed by atoms with Gasteiger partial charge in [0.2, 0.25) is 0 Å². The third-order valence-electron chi connectivity index (χ3n) is 2.89. The van der Waals surface area contributed by atoms with Crippen LogP contribution in [-0.4, -0.2) is 32.5 Å². The van der Waals surface area contributed by atoms with Crippen LogP contribution in [0.3, 0.4) is 0 Å². The predicted molar refractivity (Wildman–Crippen MR) is 64.2 cm³/mol. The maximum Gasteiger partial charge on any atom is 0.182 e. The molecule has 1 aromatic heterocycles. The molecule has 0 fully saturated rings. The molecule has 0 aliphatic carbocycles. The van der Waals surface area contributed by atoms with E-state index in [4.69, 9.17) is 5.73 Å². The van der Waals surface area contributed by atoms with E-state index in [1.807, 2.05) is 0 Å². The van der Waals surface area contributed by atoms with E-state index in [0.29, 0.717) is 24.7 Å². The van der Waals surface area contributed by atoms with Gasteiger partial charge < -0.3 is 5.73 Å². The van der Waals surface area contributed by atoms with Crippen LogP contribution in [-0.2, 0) is 18.3 Å². The molecule has 2 N–H and O–H groups in total. The van der Waals surface area contributed by atoms with Crippen LogP contribution < -0.4 is 5.73 Å². The lowest BCUT2D eigenvalue weighted by Crippen LogP contribution is -2.11. The Morgan fingerprint density at radius 1 is 1.47 bits per heavy atom. The number of aryl methyl sites for hydroxylation is 1. The molecule has 6 nitrogen and oxygen atoms in total. The average Bonchev–Trinajstić information content (AvgIpc) is 2.70. The van der Waals surface area contributed by atoms with Gasteiger partial charge in [0.25, 0.3) is 0 Å². The van der Waals surface area contributed by atoms with Crippen LogP contribution in [0.5, 0.6) is 0 Å². The molecule has 17 heavy (non-hydrogen) atoms. The second kappa shape index (κ2) is 7.11. The Balaban J connectivity index is 2.29. The molecule has 0 bridgehead atoms. The zero-order chi connectivity index (χ0) is 12.7. The largest absolute Gasteiger partial charge is 0.330 e. The number of hydrogen-bond acceptors (Lipinski definition) is 5. The number of carbonyl (C=O) groups is 1. The van der Waals surface area contributed by atoms with Crippen LogP contribution in [0.25, 0.3) is 0 Å². The molecule has 0 aliphatic heterocycles. The minimum atomic E-state index is 0.175. The fraction of sp³-hybridized carbons (Fsp3) is 0.818. The van der Waals surface area contributed by atoms with Crippen molar-refractivity contribution in [3.63, 3.8) is 0 Å². The first kappa shape index (κ1) is 13.8. The normalized spacial score (nSPS) is 12.6. The van der Waals surface area contributed by atoms with E-state index < -0.39 is 0 Å². The maximum atomic E-state index is 11.7. The van der Waals surface area contributed by atoms with Crippen LogP contribution in [0.15, 0.2) is 0 Å². The molecule has 0 radical (unpaired) electrons. The molecule has 1 heterocycles. The van der Waals surface area contributed by atoms with Crippen LogP contribution in [0.2, 0.25) is 0 Å². The van der Waals surface area contributed by atoms with Gasteiger partial charge in [0.15, 0.2) is 5.82 Å². The number of ketones is 1. The van der Waals surface area contributed by atoms with Gasteiger partial charge >= 0.3 is 0 Å². The molecule has 0 aliphatic rings. The summed E-state index contributed by atoms with van der Waals surface area (Å²) in [6.07, 6.45) is 3.84. The van der Waals surface area contributed by atoms with Crippen LogP contribution in [0.1, 0.15) is 38.4 Å². The molecule has 0 spiro atoms. The molecule has 96 valence electrons. The van der Waals surface area contributed by atoms with Gasteiger partial charge in [0, 0.05) is 6.42 Å². The van der Waals surface area contributed by atoms with Crippen molar-refractivity contribution in [3.8, 4) is 0 Å². The van der Waals surface area contributed by atoms with E-state index in [1.165, 1.54) is 4.80 Å². The number of nitrogens with two attached hydrogens (primary N) is 1. The fourth-order valence-electron chi connectivity index (χ4n) is 1.81. The highest BCUT2D eigenvalue weighted by Crippen LogP contribution is 2.15. The first-order valence-electron chi connectivity index (χ1n) is 6.10. The van der Waals surface area contributed by atoms with E-state index in [-0.39, 0.29) is 12.2 Å². The molecule has 1 rings (SSSR count). The minimum Gasteiger partial charge on any atom is -0.330 e. The second-order valence-electron chi connectivity index (χ2n) is 4.30. The molecule has 0 aromatic carbocycles. The number of rotatable bonds is 8. The molecule has 1 aromatic rings. The summed E-state index contributed by atoms with van der Waals surface area (Å²) in [4.78, 5) is 13.1.